The summed E-state index contributed by atoms with van der Waals surface area (Å²) >= 11 is 0. The van der Waals surface area contributed by atoms with Crippen molar-refractivity contribution in [2.75, 3.05) is 36.9 Å². The van der Waals surface area contributed by atoms with Crippen LogP contribution >= 0.6 is 0 Å². The quantitative estimate of drug-likeness (QED) is 0.140. The van der Waals surface area contributed by atoms with E-state index in [1.807, 2.05) is 61.1 Å². The van der Waals surface area contributed by atoms with E-state index in [2.05, 4.69) is 36.8 Å². The van der Waals surface area contributed by atoms with E-state index in [0.717, 1.165) is 41.1 Å². The van der Waals surface area contributed by atoms with Crippen LogP contribution in [-0.4, -0.2) is 87.6 Å². The Kier molecular flexibility index (Phi) is 11.6. The first-order valence-electron chi connectivity index (χ1n) is 18.1. The van der Waals surface area contributed by atoms with E-state index in [0.29, 0.717) is 85.8 Å². The standard InChI is InChI=1S/C38H44N12O4.CH4/c1-5-49-31(20-24(3)44-49)35(52)42-37-40-28-22-26(34(39)51)12-13-29(28)47(37)14-7-8-15-48-30-11-9-10-27(23-46-16-18-54-19-17-46)33(30)41-38(48)43-36(53)32-21-25(4)45-50(32)6-2;/h7-13,20-22H,5-6,14-19,23H2,1-4H3,(H2,39,51)(H,40,42,52)(H,41,43,53);1H4/b8-7+;. The molecule has 0 unspecified atom stereocenters. The number of amides is 3. The van der Waals surface area contributed by atoms with Crippen molar-refractivity contribution in [3.63, 3.8) is 0 Å². The average molecular weight is 749 g/mol. The minimum absolute atomic E-state index is 0. The number of nitrogens with zero attached hydrogens (tertiary/aromatic N) is 9. The fourth-order valence-electron chi connectivity index (χ4n) is 6.81. The number of benzene rings is 2. The Labute approximate surface area is 318 Å². The van der Waals surface area contributed by atoms with Gasteiger partial charge in [-0.15, -0.1) is 0 Å². The summed E-state index contributed by atoms with van der Waals surface area (Å²) in [6.07, 6.45) is 3.94. The molecule has 16 nitrogen and oxygen atoms in total. The average Bonchev–Trinajstić information content (AvgIpc) is 3.93. The number of morpholine rings is 1. The molecule has 0 saturated carbocycles. The van der Waals surface area contributed by atoms with E-state index < -0.39 is 5.91 Å². The second kappa shape index (κ2) is 16.5. The molecule has 5 heterocycles. The van der Waals surface area contributed by atoms with Gasteiger partial charge in [0, 0.05) is 51.4 Å². The number of carbonyl (C=O) groups excluding carboxylic acids is 3. The van der Waals surface area contributed by atoms with E-state index in [9.17, 15) is 14.4 Å². The van der Waals surface area contributed by atoms with Crippen molar-refractivity contribution in [2.24, 2.45) is 5.73 Å². The molecular weight excluding hydrogens is 701 g/mol. The Balaban J connectivity index is 0.00000514. The molecule has 0 spiro atoms. The summed E-state index contributed by atoms with van der Waals surface area (Å²) < 4.78 is 12.7. The van der Waals surface area contributed by atoms with Gasteiger partial charge in [0.05, 0.1) is 46.7 Å². The van der Waals surface area contributed by atoms with Crippen LogP contribution in [0.15, 0.2) is 60.7 Å². The lowest BCUT2D eigenvalue weighted by Gasteiger charge is -2.26. The molecular formula is C39H48N12O4. The first kappa shape index (κ1) is 38.6. The smallest absolute Gasteiger partial charge is 0.276 e. The number of anilines is 2. The third-order valence-electron chi connectivity index (χ3n) is 9.45. The molecule has 0 radical (unpaired) electrons. The zero-order chi connectivity index (χ0) is 37.9. The Morgan fingerprint density at radius 2 is 1.38 bits per heavy atom. The summed E-state index contributed by atoms with van der Waals surface area (Å²) in [5, 5.41) is 14.9. The molecule has 1 aliphatic rings. The topological polar surface area (TPSA) is 185 Å². The maximum Gasteiger partial charge on any atom is 0.276 e. The third kappa shape index (κ3) is 8.05. The Bertz CT molecular complexity index is 2390. The number of ether oxygens (including phenoxy) is 1. The van der Waals surface area contributed by atoms with E-state index >= 15 is 0 Å². The predicted molar refractivity (Wildman–Crippen MR) is 211 cm³/mol. The molecule has 0 atom stereocenters. The minimum atomic E-state index is -0.572. The Morgan fingerprint density at radius 1 is 0.800 bits per heavy atom. The zero-order valence-electron chi connectivity index (χ0n) is 30.9. The summed E-state index contributed by atoms with van der Waals surface area (Å²) in [6, 6.07) is 14.6. The molecule has 6 aromatic rings. The second-order valence-corrected chi connectivity index (χ2v) is 13.2. The lowest BCUT2D eigenvalue weighted by atomic mass is 10.1. The molecule has 4 aromatic heterocycles. The molecule has 7 rings (SSSR count). The predicted octanol–water partition coefficient (Wildman–Crippen LogP) is 4.76. The normalized spacial score (nSPS) is 13.5. The highest BCUT2D eigenvalue weighted by Gasteiger charge is 2.22. The maximum atomic E-state index is 13.6. The van der Waals surface area contributed by atoms with Crippen LogP contribution in [0.4, 0.5) is 11.9 Å². The second-order valence-electron chi connectivity index (χ2n) is 13.2. The zero-order valence-corrected chi connectivity index (χ0v) is 30.9. The van der Waals surface area contributed by atoms with Gasteiger partial charge in [0.1, 0.15) is 11.4 Å². The molecule has 1 saturated heterocycles. The number of aryl methyl sites for hydroxylation is 4. The number of aromatic nitrogens is 8. The van der Waals surface area contributed by atoms with Gasteiger partial charge in [-0.3, -0.25) is 39.3 Å². The molecule has 4 N–H and O–H groups in total. The lowest BCUT2D eigenvalue weighted by molar-refractivity contribution is 0.0343. The molecule has 1 aliphatic heterocycles. The first-order valence-corrected chi connectivity index (χ1v) is 18.1. The Hall–Kier alpha value is -6.13. The lowest BCUT2D eigenvalue weighted by Crippen LogP contribution is -2.35. The van der Waals surface area contributed by atoms with Crippen molar-refractivity contribution in [3.05, 3.63) is 94.6 Å². The number of allylic oxidation sites excluding steroid dienone is 2. The molecule has 2 aromatic carbocycles. The van der Waals surface area contributed by atoms with Crippen LogP contribution in [0.2, 0.25) is 0 Å². The summed E-state index contributed by atoms with van der Waals surface area (Å²) in [7, 11) is 0. The van der Waals surface area contributed by atoms with Crippen LogP contribution in [-0.2, 0) is 37.5 Å². The summed E-state index contributed by atoms with van der Waals surface area (Å²) in [5.41, 5.74) is 12.2. The molecule has 16 heteroatoms. The first-order chi connectivity index (χ1) is 26.1. The van der Waals surface area contributed by atoms with Crippen LogP contribution in [0.5, 0.6) is 0 Å². The Morgan fingerprint density at radius 3 is 1.96 bits per heavy atom. The van der Waals surface area contributed by atoms with Crippen molar-refractivity contribution >= 4 is 51.7 Å². The van der Waals surface area contributed by atoms with Crippen molar-refractivity contribution in [1.82, 2.24) is 43.6 Å². The van der Waals surface area contributed by atoms with Crippen LogP contribution < -0.4 is 16.4 Å². The van der Waals surface area contributed by atoms with Gasteiger partial charge in [0.25, 0.3) is 11.8 Å². The van der Waals surface area contributed by atoms with Gasteiger partial charge in [0.2, 0.25) is 17.8 Å². The number of rotatable bonds is 13. The number of hydrogen-bond donors (Lipinski definition) is 3. The van der Waals surface area contributed by atoms with Crippen LogP contribution in [0.1, 0.15) is 69.6 Å². The summed E-state index contributed by atoms with van der Waals surface area (Å²) in [6.45, 7) is 13.1. The number of nitrogens with one attached hydrogen (secondary N) is 2. The number of primary amides is 1. The highest BCUT2D eigenvalue weighted by atomic mass is 16.5. The van der Waals surface area contributed by atoms with Gasteiger partial charge in [-0.25, -0.2) is 9.97 Å². The van der Waals surface area contributed by atoms with E-state index in [4.69, 9.17) is 15.5 Å². The summed E-state index contributed by atoms with van der Waals surface area (Å²) in [5.74, 6) is -0.506. The van der Waals surface area contributed by atoms with Crippen molar-refractivity contribution in [1.29, 1.82) is 0 Å². The highest BCUT2D eigenvalue weighted by Crippen LogP contribution is 2.26. The van der Waals surface area contributed by atoms with E-state index in [1.165, 1.54) is 0 Å². The number of imidazole rings is 2. The fraction of sp³-hybridized carbons (Fsp3) is 0.359. The molecule has 1 fully saturated rings. The largest absolute Gasteiger partial charge is 0.379 e. The molecule has 288 valence electrons. The number of nitrogens with two attached hydrogens (primary N) is 1. The maximum absolute atomic E-state index is 13.6. The van der Waals surface area contributed by atoms with Gasteiger partial charge in [-0.05, 0) is 69.7 Å². The minimum Gasteiger partial charge on any atom is -0.379 e. The number of fused-ring (bicyclic) bond motifs is 2. The third-order valence-corrected chi connectivity index (χ3v) is 9.45. The highest BCUT2D eigenvalue weighted by molar-refractivity contribution is 6.04. The molecule has 0 aliphatic carbocycles. The van der Waals surface area contributed by atoms with Crippen molar-refractivity contribution < 1.29 is 19.1 Å². The molecule has 0 bridgehead atoms. The number of hydrogen-bond acceptors (Lipinski definition) is 9. The van der Waals surface area contributed by atoms with Crippen LogP contribution in [0.25, 0.3) is 22.1 Å². The van der Waals surface area contributed by atoms with E-state index in [1.54, 1.807) is 39.7 Å². The van der Waals surface area contributed by atoms with Gasteiger partial charge in [0.15, 0.2) is 0 Å². The van der Waals surface area contributed by atoms with E-state index in [-0.39, 0.29) is 19.2 Å². The number of para-hydroxylation sites is 1. The molecule has 55 heavy (non-hydrogen) atoms. The number of carbonyl (C=O) groups is 3. The van der Waals surface area contributed by atoms with Crippen molar-refractivity contribution in [2.45, 2.75) is 67.8 Å². The van der Waals surface area contributed by atoms with Gasteiger partial charge >= 0.3 is 0 Å². The van der Waals surface area contributed by atoms with Gasteiger partial charge in [-0.2, -0.15) is 10.2 Å². The van der Waals surface area contributed by atoms with Crippen LogP contribution in [0, 0.1) is 13.8 Å². The van der Waals surface area contributed by atoms with Gasteiger partial charge < -0.3 is 19.6 Å². The fourth-order valence-corrected chi connectivity index (χ4v) is 6.81. The summed E-state index contributed by atoms with van der Waals surface area (Å²) in [4.78, 5) is 51.1. The van der Waals surface area contributed by atoms with Crippen LogP contribution in [0.3, 0.4) is 0 Å². The van der Waals surface area contributed by atoms with Gasteiger partial charge in [-0.1, -0.05) is 31.7 Å². The molecule has 3 amide bonds. The SMILES string of the molecule is C.CCn1nc(C)cc1C(=O)Nc1nc2cc(C(N)=O)ccc2n1C/C=C/Cn1c(NC(=O)c2cc(C)nn2CC)nc2c(CN3CCOCC3)cccc21. The van der Waals surface area contributed by atoms with Crippen molar-refractivity contribution in [3.8, 4) is 0 Å². The monoisotopic (exact) mass is 748 g/mol.